The van der Waals surface area contributed by atoms with E-state index >= 15 is 0 Å². The van der Waals surface area contributed by atoms with Crippen molar-refractivity contribution in [3.63, 3.8) is 0 Å². The maximum absolute atomic E-state index is 11.4. The van der Waals surface area contributed by atoms with E-state index in [-0.39, 0.29) is 10.0 Å². The Kier molecular flexibility index (Phi) is 4.45. The maximum atomic E-state index is 11.4. The average Bonchev–Trinajstić information content (AvgIpc) is 2.72. The van der Waals surface area contributed by atoms with Crippen molar-refractivity contribution >= 4 is 52.3 Å². The average molecular weight is 321 g/mol. The number of pyridine rings is 1. The number of hydrogen-bond acceptors (Lipinski definition) is 6. The van der Waals surface area contributed by atoms with Gasteiger partial charge in [0.1, 0.15) is 5.03 Å². The van der Waals surface area contributed by atoms with Crippen LogP contribution >= 0.6 is 46.3 Å². The van der Waals surface area contributed by atoms with Gasteiger partial charge in [0.25, 0.3) is 0 Å². The van der Waals surface area contributed by atoms with E-state index in [1.807, 2.05) is 0 Å². The Morgan fingerprint density at radius 2 is 2.28 bits per heavy atom. The van der Waals surface area contributed by atoms with Crippen molar-refractivity contribution in [1.82, 2.24) is 9.97 Å². The van der Waals surface area contributed by atoms with Gasteiger partial charge in [0.15, 0.2) is 14.4 Å². The lowest BCUT2D eigenvalue weighted by molar-refractivity contribution is 0.0606. The van der Waals surface area contributed by atoms with E-state index in [1.165, 1.54) is 18.9 Å². The molecule has 0 amide bonds. The van der Waals surface area contributed by atoms with Crippen molar-refractivity contribution in [2.45, 2.75) is 9.37 Å². The summed E-state index contributed by atoms with van der Waals surface area (Å²) in [6, 6.07) is 3.47. The topological polar surface area (TPSA) is 52.1 Å². The second kappa shape index (κ2) is 5.88. The predicted octanol–water partition coefficient (Wildman–Crippen LogP) is 3.78. The highest BCUT2D eigenvalue weighted by Gasteiger charge is 2.18. The lowest BCUT2D eigenvalue weighted by atomic mass is 10.5. The molecule has 0 unspecified atom stereocenters. The van der Waals surface area contributed by atoms with Crippen LogP contribution in [0.25, 0.3) is 0 Å². The molecule has 0 radical (unpaired) electrons. The van der Waals surface area contributed by atoms with E-state index in [9.17, 15) is 4.79 Å². The second-order valence-electron chi connectivity index (χ2n) is 2.98. The summed E-state index contributed by atoms with van der Waals surface area (Å²) in [5.74, 6) is -0.503. The minimum Gasteiger partial charge on any atom is -0.465 e. The zero-order valence-corrected chi connectivity index (χ0v) is 12.2. The zero-order valence-electron chi connectivity index (χ0n) is 9.02. The van der Waals surface area contributed by atoms with Crippen LogP contribution in [-0.2, 0) is 4.74 Å². The van der Waals surface area contributed by atoms with Crippen molar-refractivity contribution in [2.24, 2.45) is 0 Å². The van der Waals surface area contributed by atoms with Crippen molar-refractivity contribution in [1.29, 1.82) is 0 Å². The van der Waals surface area contributed by atoms with Crippen LogP contribution in [0.4, 0.5) is 0 Å². The van der Waals surface area contributed by atoms with E-state index in [4.69, 9.17) is 23.2 Å². The number of carbonyl (C=O) groups is 1. The molecule has 0 N–H and O–H groups in total. The summed E-state index contributed by atoms with van der Waals surface area (Å²) in [6.07, 6.45) is 1.63. The molecule has 2 aromatic rings. The number of aromatic nitrogens is 2. The van der Waals surface area contributed by atoms with Crippen LogP contribution < -0.4 is 0 Å². The van der Waals surface area contributed by atoms with Crippen LogP contribution in [0.15, 0.2) is 27.7 Å². The van der Waals surface area contributed by atoms with Crippen LogP contribution in [0.1, 0.15) is 9.67 Å². The second-order valence-corrected chi connectivity index (χ2v) is 5.98. The molecular weight excluding hydrogens is 315 g/mol. The molecule has 0 aliphatic heterocycles. The van der Waals surface area contributed by atoms with E-state index < -0.39 is 5.97 Å². The van der Waals surface area contributed by atoms with Crippen LogP contribution in [0.5, 0.6) is 0 Å². The van der Waals surface area contributed by atoms with E-state index in [2.05, 4.69) is 14.7 Å². The molecular formula is C10H6Cl2N2O2S2. The van der Waals surface area contributed by atoms with Gasteiger partial charge in [0.05, 0.1) is 12.1 Å². The van der Waals surface area contributed by atoms with Gasteiger partial charge in [0.2, 0.25) is 0 Å². The molecule has 0 fully saturated rings. The van der Waals surface area contributed by atoms with Gasteiger partial charge in [-0.3, -0.25) is 0 Å². The summed E-state index contributed by atoms with van der Waals surface area (Å²) in [5, 5.41) is 1.26. The Labute approximate surface area is 121 Å². The highest BCUT2D eigenvalue weighted by Crippen LogP contribution is 2.36. The standard InChI is InChI=1S/C10H6Cl2N2O2S2/c1-16-9(15)6-7(12)14-10(17-6)18-8-5(11)3-2-4-13-8/h2-4H,1H3. The first-order valence-corrected chi connectivity index (χ1v) is 7.03. The van der Waals surface area contributed by atoms with Crippen molar-refractivity contribution in [2.75, 3.05) is 7.11 Å². The first-order valence-electron chi connectivity index (χ1n) is 4.65. The molecule has 18 heavy (non-hydrogen) atoms. The summed E-state index contributed by atoms with van der Waals surface area (Å²) < 4.78 is 5.18. The Hall–Kier alpha value is -0.820. The van der Waals surface area contributed by atoms with Crippen LogP contribution in [-0.4, -0.2) is 23.0 Å². The van der Waals surface area contributed by atoms with Gasteiger partial charge in [-0.25, -0.2) is 14.8 Å². The predicted molar refractivity (Wildman–Crippen MR) is 71.8 cm³/mol. The lowest BCUT2D eigenvalue weighted by Gasteiger charge is -1.97. The zero-order chi connectivity index (χ0) is 13.1. The molecule has 0 saturated heterocycles. The lowest BCUT2D eigenvalue weighted by Crippen LogP contribution is -1.98. The Bertz CT molecular complexity index is 589. The maximum Gasteiger partial charge on any atom is 0.351 e. The third-order valence-electron chi connectivity index (χ3n) is 1.85. The first-order chi connectivity index (χ1) is 8.61. The van der Waals surface area contributed by atoms with Crippen LogP contribution in [0.2, 0.25) is 10.2 Å². The van der Waals surface area contributed by atoms with Gasteiger partial charge >= 0.3 is 5.97 Å². The molecule has 0 bridgehead atoms. The SMILES string of the molecule is COC(=O)c1sc(Sc2ncccc2Cl)nc1Cl. The van der Waals surface area contributed by atoms with E-state index in [0.717, 1.165) is 11.3 Å². The molecule has 0 spiro atoms. The molecule has 8 heteroatoms. The van der Waals surface area contributed by atoms with Crippen molar-refractivity contribution in [3.8, 4) is 0 Å². The fourth-order valence-corrected chi connectivity index (χ4v) is 3.53. The Balaban J connectivity index is 2.26. The third-order valence-corrected chi connectivity index (χ3v) is 4.76. The Morgan fingerprint density at radius 3 is 2.94 bits per heavy atom. The van der Waals surface area contributed by atoms with Gasteiger partial charge in [-0.05, 0) is 23.9 Å². The number of rotatable bonds is 3. The number of hydrogen-bond donors (Lipinski definition) is 0. The van der Waals surface area contributed by atoms with Gasteiger partial charge in [-0.2, -0.15) is 0 Å². The number of carbonyl (C=O) groups excluding carboxylic acids is 1. The van der Waals surface area contributed by atoms with E-state index in [0.29, 0.717) is 14.4 Å². The summed E-state index contributed by atoms with van der Waals surface area (Å²) >= 11 is 14.2. The number of methoxy groups -OCH3 is 1. The largest absolute Gasteiger partial charge is 0.465 e. The van der Waals surface area contributed by atoms with E-state index in [1.54, 1.807) is 18.3 Å². The fourth-order valence-electron chi connectivity index (χ4n) is 1.07. The van der Waals surface area contributed by atoms with Crippen LogP contribution in [0, 0.1) is 0 Å². The molecule has 0 aliphatic rings. The highest BCUT2D eigenvalue weighted by molar-refractivity contribution is 8.01. The van der Waals surface area contributed by atoms with Gasteiger partial charge < -0.3 is 4.74 Å². The molecule has 0 aromatic carbocycles. The number of ether oxygens (including phenoxy) is 1. The molecule has 0 saturated carbocycles. The first kappa shape index (κ1) is 13.6. The smallest absolute Gasteiger partial charge is 0.351 e. The molecule has 94 valence electrons. The number of nitrogens with zero attached hydrogens (tertiary/aromatic N) is 2. The summed E-state index contributed by atoms with van der Waals surface area (Å²) in [7, 11) is 1.29. The minimum atomic E-state index is -0.503. The molecule has 2 aromatic heterocycles. The summed E-state index contributed by atoms with van der Waals surface area (Å²) in [5.41, 5.74) is 0. The van der Waals surface area contributed by atoms with Gasteiger partial charge in [0, 0.05) is 6.20 Å². The van der Waals surface area contributed by atoms with Gasteiger partial charge in [-0.15, -0.1) is 0 Å². The Morgan fingerprint density at radius 1 is 1.50 bits per heavy atom. The quantitative estimate of drug-likeness (QED) is 0.805. The molecule has 0 aliphatic carbocycles. The normalized spacial score (nSPS) is 10.4. The van der Waals surface area contributed by atoms with Crippen LogP contribution in [0.3, 0.4) is 0 Å². The number of esters is 1. The third kappa shape index (κ3) is 2.95. The number of thiazole rings is 1. The summed E-state index contributed by atoms with van der Waals surface area (Å²) in [6.45, 7) is 0. The monoisotopic (exact) mass is 320 g/mol. The molecule has 4 nitrogen and oxygen atoms in total. The van der Waals surface area contributed by atoms with Crippen molar-refractivity contribution in [3.05, 3.63) is 33.4 Å². The minimum absolute atomic E-state index is 0.126. The highest BCUT2D eigenvalue weighted by atomic mass is 35.5. The number of halogens is 2. The fraction of sp³-hybridized carbons (Fsp3) is 0.100. The summed E-state index contributed by atoms with van der Waals surface area (Å²) in [4.78, 5) is 19.8. The van der Waals surface area contributed by atoms with Crippen molar-refractivity contribution < 1.29 is 9.53 Å². The van der Waals surface area contributed by atoms with Gasteiger partial charge in [-0.1, -0.05) is 34.5 Å². The molecule has 2 rings (SSSR count). The molecule has 2 heterocycles. The molecule has 0 atom stereocenters.